The lowest BCUT2D eigenvalue weighted by Gasteiger charge is -2.09. The second-order valence-electron chi connectivity index (χ2n) is 5.13. The van der Waals surface area contributed by atoms with Gasteiger partial charge in [-0.25, -0.2) is 9.18 Å². The van der Waals surface area contributed by atoms with Crippen LogP contribution in [0.3, 0.4) is 0 Å². The minimum absolute atomic E-state index is 0.0278. The molecule has 0 heterocycles. The van der Waals surface area contributed by atoms with E-state index < -0.39 is 11.8 Å². The van der Waals surface area contributed by atoms with Gasteiger partial charge in [0.25, 0.3) is 0 Å². The first-order valence-corrected chi connectivity index (χ1v) is 6.41. The fourth-order valence-electron chi connectivity index (χ4n) is 1.17. The van der Waals surface area contributed by atoms with Gasteiger partial charge in [-0.3, -0.25) is 0 Å². The van der Waals surface area contributed by atoms with Crippen LogP contribution < -0.4 is 5.73 Å². The number of alkyl halides is 1. The van der Waals surface area contributed by atoms with Crippen LogP contribution >= 0.6 is 11.6 Å². The zero-order valence-electron chi connectivity index (χ0n) is 11.7. The molecule has 5 heteroatoms. The highest BCUT2D eigenvalue weighted by Gasteiger charge is 2.12. The van der Waals surface area contributed by atoms with Crippen molar-refractivity contribution in [1.29, 1.82) is 0 Å². The molecule has 0 aliphatic rings. The average Bonchev–Trinajstić information content (AvgIpc) is 2.25. The maximum absolute atomic E-state index is 13.2. The molecular weight excluding hydrogens is 269 g/mol. The molecule has 0 saturated carbocycles. The van der Waals surface area contributed by atoms with Crippen LogP contribution in [0.15, 0.2) is 18.2 Å². The van der Waals surface area contributed by atoms with Gasteiger partial charge in [0.15, 0.2) is 0 Å². The van der Waals surface area contributed by atoms with Crippen LogP contribution in [0.25, 0.3) is 0 Å². The molecule has 19 heavy (non-hydrogen) atoms. The van der Waals surface area contributed by atoms with Crippen molar-refractivity contribution < 1.29 is 14.3 Å². The number of halogens is 2. The lowest BCUT2D eigenvalue weighted by Crippen LogP contribution is -2.10. The van der Waals surface area contributed by atoms with Crippen LogP contribution in [-0.4, -0.2) is 16.0 Å². The van der Waals surface area contributed by atoms with Crippen molar-refractivity contribution in [2.24, 2.45) is 5.73 Å². The fourth-order valence-corrected chi connectivity index (χ4v) is 1.17. The molecule has 0 bridgehead atoms. The third-order valence-corrected chi connectivity index (χ3v) is 2.09. The molecule has 0 aliphatic carbocycles. The van der Waals surface area contributed by atoms with Gasteiger partial charge in [0, 0.05) is 10.9 Å². The van der Waals surface area contributed by atoms with E-state index in [4.69, 9.17) is 22.4 Å². The topological polar surface area (TPSA) is 63.3 Å². The Bertz CT molecular complexity index is 424. The van der Waals surface area contributed by atoms with Crippen LogP contribution in [0, 0.1) is 5.82 Å². The number of benzene rings is 1. The Balaban J connectivity index is 0.000000555. The molecule has 1 aromatic rings. The Morgan fingerprint density at radius 3 is 2.26 bits per heavy atom. The zero-order valence-corrected chi connectivity index (χ0v) is 12.5. The number of rotatable bonds is 3. The Morgan fingerprint density at radius 2 is 1.95 bits per heavy atom. The summed E-state index contributed by atoms with van der Waals surface area (Å²) in [7, 11) is 0. The second-order valence-corrected chi connectivity index (χ2v) is 6.26. The van der Waals surface area contributed by atoms with Gasteiger partial charge in [0.2, 0.25) is 0 Å². The first kappa shape index (κ1) is 17.9. The fraction of sp³-hybridized carbons (Fsp3) is 0.500. The van der Waals surface area contributed by atoms with E-state index in [-0.39, 0.29) is 16.5 Å². The monoisotopic (exact) mass is 289 g/mol. The molecule has 0 saturated heterocycles. The van der Waals surface area contributed by atoms with Gasteiger partial charge in [-0.1, -0.05) is 13.0 Å². The van der Waals surface area contributed by atoms with Gasteiger partial charge in [-0.2, -0.15) is 0 Å². The summed E-state index contributed by atoms with van der Waals surface area (Å²) >= 11 is 5.53. The summed E-state index contributed by atoms with van der Waals surface area (Å²) in [6.45, 7) is 7.74. The number of carbonyl (C=O) groups is 1. The Hall–Kier alpha value is -1.13. The molecular formula is C14H21ClFNO2. The van der Waals surface area contributed by atoms with E-state index in [1.54, 1.807) is 6.07 Å². The van der Waals surface area contributed by atoms with Gasteiger partial charge < -0.3 is 10.8 Å². The highest BCUT2D eigenvalue weighted by atomic mass is 35.5. The Labute approximate surface area is 118 Å². The van der Waals surface area contributed by atoms with Crippen molar-refractivity contribution >= 4 is 17.6 Å². The molecule has 0 aromatic heterocycles. The number of nitrogens with two attached hydrogens (primary N) is 1. The maximum Gasteiger partial charge on any atom is 0.338 e. The van der Waals surface area contributed by atoms with Crippen molar-refractivity contribution in [2.75, 3.05) is 0 Å². The summed E-state index contributed by atoms with van der Waals surface area (Å²) in [5, 5.41) is 8.58. The first-order valence-electron chi connectivity index (χ1n) is 6.03. The van der Waals surface area contributed by atoms with Crippen LogP contribution in [0.2, 0.25) is 0 Å². The summed E-state index contributed by atoms with van der Waals surface area (Å²) in [6, 6.07) is 3.72. The van der Waals surface area contributed by atoms with Crippen molar-refractivity contribution in [1.82, 2.24) is 0 Å². The van der Waals surface area contributed by atoms with Crippen LogP contribution in [0.5, 0.6) is 0 Å². The zero-order chi connectivity index (χ0) is 15.2. The Morgan fingerprint density at radius 1 is 1.47 bits per heavy atom. The van der Waals surface area contributed by atoms with Crippen LogP contribution in [0.1, 0.15) is 56.1 Å². The maximum atomic E-state index is 13.2. The predicted molar refractivity (Wildman–Crippen MR) is 76.2 cm³/mol. The van der Waals surface area contributed by atoms with Gasteiger partial charge >= 0.3 is 5.97 Å². The SMILES string of the molecule is CC(C)(C)Cl.CCC(N)c1ccc(C(=O)O)c(F)c1. The highest BCUT2D eigenvalue weighted by Crippen LogP contribution is 2.17. The minimum atomic E-state index is -1.26. The molecule has 0 amide bonds. The van der Waals surface area contributed by atoms with E-state index in [0.29, 0.717) is 12.0 Å². The normalized spacial score (nSPS) is 12.4. The second kappa shape index (κ2) is 7.46. The molecule has 3 N–H and O–H groups in total. The van der Waals surface area contributed by atoms with Crippen molar-refractivity contribution in [2.45, 2.75) is 45.0 Å². The molecule has 0 fully saturated rings. The van der Waals surface area contributed by atoms with Crippen molar-refractivity contribution in [3.63, 3.8) is 0 Å². The van der Waals surface area contributed by atoms with E-state index in [1.807, 2.05) is 27.7 Å². The van der Waals surface area contributed by atoms with Crippen molar-refractivity contribution in [3.05, 3.63) is 35.1 Å². The summed E-state index contributed by atoms with van der Waals surface area (Å²) in [6.07, 6.45) is 0.686. The molecule has 1 aromatic carbocycles. The molecule has 0 spiro atoms. The standard InChI is InChI=1S/C10H12FNO2.C4H9Cl/c1-2-9(12)6-3-4-7(10(13)14)8(11)5-6;1-4(2,3)5/h3-5,9H,2,12H2,1H3,(H,13,14);1-3H3. The smallest absolute Gasteiger partial charge is 0.338 e. The molecule has 3 nitrogen and oxygen atoms in total. The summed E-state index contributed by atoms with van der Waals surface area (Å²) in [5.41, 5.74) is 5.97. The molecule has 1 unspecified atom stereocenters. The highest BCUT2D eigenvalue weighted by molar-refractivity contribution is 6.23. The largest absolute Gasteiger partial charge is 0.478 e. The third-order valence-electron chi connectivity index (χ3n) is 2.09. The minimum Gasteiger partial charge on any atom is -0.478 e. The van der Waals surface area contributed by atoms with E-state index in [9.17, 15) is 9.18 Å². The molecule has 0 aliphatic heterocycles. The van der Waals surface area contributed by atoms with E-state index in [2.05, 4.69) is 0 Å². The summed E-state index contributed by atoms with van der Waals surface area (Å²) in [5.74, 6) is -2.00. The number of carboxylic acid groups (broad SMARTS) is 1. The lowest BCUT2D eigenvalue weighted by atomic mass is 10.0. The number of carboxylic acids is 1. The van der Waals surface area contributed by atoms with Crippen LogP contribution in [0.4, 0.5) is 4.39 Å². The van der Waals surface area contributed by atoms with Crippen LogP contribution in [-0.2, 0) is 0 Å². The molecule has 1 atom stereocenters. The van der Waals surface area contributed by atoms with E-state index >= 15 is 0 Å². The van der Waals surface area contributed by atoms with Gasteiger partial charge in [-0.15, -0.1) is 11.6 Å². The predicted octanol–water partition coefficient (Wildman–Crippen LogP) is 3.96. The van der Waals surface area contributed by atoms with Gasteiger partial charge in [0.05, 0.1) is 5.56 Å². The lowest BCUT2D eigenvalue weighted by molar-refractivity contribution is 0.0692. The summed E-state index contributed by atoms with van der Waals surface area (Å²) in [4.78, 5) is 10.5. The van der Waals surface area contributed by atoms with E-state index in [1.165, 1.54) is 12.1 Å². The average molecular weight is 290 g/mol. The molecule has 0 radical (unpaired) electrons. The third kappa shape index (κ3) is 7.80. The number of hydrogen-bond donors (Lipinski definition) is 2. The molecule has 1 rings (SSSR count). The summed E-state index contributed by atoms with van der Waals surface area (Å²) < 4.78 is 13.2. The Kier molecular flexibility index (Phi) is 7.01. The quantitative estimate of drug-likeness (QED) is 0.828. The van der Waals surface area contributed by atoms with E-state index in [0.717, 1.165) is 0 Å². The first-order chi connectivity index (χ1) is 8.56. The molecule has 108 valence electrons. The van der Waals surface area contributed by atoms with Crippen molar-refractivity contribution in [3.8, 4) is 0 Å². The van der Waals surface area contributed by atoms with Gasteiger partial charge in [0.1, 0.15) is 5.82 Å². The number of aromatic carboxylic acids is 1. The van der Waals surface area contributed by atoms with Gasteiger partial charge in [-0.05, 0) is 44.9 Å². The number of hydrogen-bond acceptors (Lipinski definition) is 2.